The van der Waals surface area contributed by atoms with Gasteiger partial charge in [-0.25, -0.2) is 0 Å². The first-order valence-corrected chi connectivity index (χ1v) is 8.18. The standard InChI is InChI=1S/C19H24N2O2/c1-13-12-21(9-8-20-13)19(22)14(2)15-4-5-17-11-18(23-3)7-6-16(17)10-15/h4-7,10-11,13-14,20H,8-9,12H2,1-3H3. The number of carbonyl (C=O) groups excluding carboxylic acids is 1. The van der Waals surface area contributed by atoms with Crippen molar-refractivity contribution in [2.45, 2.75) is 25.8 Å². The summed E-state index contributed by atoms with van der Waals surface area (Å²) in [5, 5.41) is 5.64. The molecule has 23 heavy (non-hydrogen) atoms. The molecule has 1 heterocycles. The van der Waals surface area contributed by atoms with Crippen LogP contribution >= 0.6 is 0 Å². The Hall–Kier alpha value is -2.07. The highest BCUT2D eigenvalue weighted by atomic mass is 16.5. The highest BCUT2D eigenvalue weighted by Gasteiger charge is 2.25. The molecule has 0 saturated carbocycles. The average Bonchev–Trinajstić information content (AvgIpc) is 2.59. The van der Waals surface area contributed by atoms with Gasteiger partial charge in [-0.15, -0.1) is 0 Å². The van der Waals surface area contributed by atoms with Crippen LogP contribution in [0.1, 0.15) is 25.3 Å². The molecule has 1 N–H and O–H groups in total. The number of ether oxygens (including phenoxy) is 1. The van der Waals surface area contributed by atoms with Gasteiger partial charge in [-0.2, -0.15) is 0 Å². The summed E-state index contributed by atoms with van der Waals surface area (Å²) in [4.78, 5) is 14.7. The molecule has 1 aliphatic rings. The molecule has 1 fully saturated rings. The van der Waals surface area contributed by atoms with Gasteiger partial charge < -0.3 is 15.0 Å². The Morgan fingerprint density at radius 2 is 2.00 bits per heavy atom. The monoisotopic (exact) mass is 312 g/mol. The Morgan fingerprint density at radius 1 is 1.26 bits per heavy atom. The van der Waals surface area contributed by atoms with Crippen LogP contribution in [-0.2, 0) is 4.79 Å². The molecule has 2 unspecified atom stereocenters. The highest BCUT2D eigenvalue weighted by molar-refractivity contribution is 5.88. The quantitative estimate of drug-likeness (QED) is 0.947. The van der Waals surface area contributed by atoms with E-state index >= 15 is 0 Å². The van der Waals surface area contributed by atoms with Crippen molar-refractivity contribution < 1.29 is 9.53 Å². The summed E-state index contributed by atoms with van der Waals surface area (Å²) >= 11 is 0. The normalized spacial score (nSPS) is 19.6. The van der Waals surface area contributed by atoms with E-state index in [2.05, 4.69) is 30.4 Å². The lowest BCUT2D eigenvalue weighted by Crippen LogP contribution is -2.52. The molecule has 0 aliphatic carbocycles. The van der Waals surface area contributed by atoms with Crippen LogP contribution in [0.5, 0.6) is 5.75 Å². The number of nitrogens with one attached hydrogen (secondary N) is 1. The Labute approximate surface area is 137 Å². The third-order valence-corrected chi connectivity index (χ3v) is 4.62. The van der Waals surface area contributed by atoms with Crippen molar-refractivity contribution >= 4 is 16.7 Å². The van der Waals surface area contributed by atoms with Gasteiger partial charge in [-0.1, -0.05) is 24.3 Å². The molecule has 1 amide bonds. The van der Waals surface area contributed by atoms with Crippen LogP contribution in [0.25, 0.3) is 10.8 Å². The third-order valence-electron chi connectivity index (χ3n) is 4.62. The van der Waals surface area contributed by atoms with Crippen molar-refractivity contribution in [3.05, 3.63) is 42.0 Å². The molecule has 4 nitrogen and oxygen atoms in total. The number of nitrogens with zero attached hydrogens (tertiary/aromatic N) is 1. The van der Waals surface area contributed by atoms with Crippen molar-refractivity contribution in [3.63, 3.8) is 0 Å². The van der Waals surface area contributed by atoms with Gasteiger partial charge in [0.15, 0.2) is 0 Å². The van der Waals surface area contributed by atoms with Gasteiger partial charge in [-0.3, -0.25) is 4.79 Å². The Kier molecular flexibility index (Phi) is 4.53. The topological polar surface area (TPSA) is 41.6 Å². The lowest BCUT2D eigenvalue weighted by atomic mass is 9.96. The molecule has 122 valence electrons. The van der Waals surface area contributed by atoms with E-state index in [-0.39, 0.29) is 11.8 Å². The largest absolute Gasteiger partial charge is 0.497 e. The summed E-state index contributed by atoms with van der Waals surface area (Å²) in [6.07, 6.45) is 0. The third kappa shape index (κ3) is 3.32. The summed E-state index contributed by atoms with van der Waals surface area (Å²) in [5.74, 6) is 0.946. The van der Waals surface area contributed by atoms with Crippen LogP contribution in [0.4, 0.5) is 0 Å². The van der Waals surface area contributed by atoms with Crippen LogP contribution in [-0.4, -0.2) is 43.6 Å². The maximum Gasteiger partial charge on any atom is 0.229 e. The second-order valence-corrected chi connectivity index (χ2v) is 6.33. The summed E-state index contributed by atoms with van der Waals surface area (Å²) in [6, 6.07) is 12.6. The van der Waals surface area contributed by atoms with Crippen LogP contribution < -0.4 is 10.1 Å². The smallest absolute Gasteiger partial charge is 0.229 e. The van der Waals surface area contributed by atoms with Crippen LogP contribution in [0, 0.1) is 0 Å². The fourth-order valence-corrected chi connectivity index (χ4v) is 3.19. The molecular weight excluding hydrogens is 288 g/mol. The SMILES string of the molecule is COc1ccc2cc(C(C)C(=O)N3CCNC(C)C3)ccc2c1. The van der Waals surface area contributed by atoms with Crippen LogP contribution in [0.3, 0.4) is 0 Å². The molecule has 1 saturated heterocycles. The van der Waals surface area contributed by atoms with Crippen molar-refractivity contribution in [3.8, 4) is 5.75 Å². The first kappa shape index (κ1) is 15.8. The van der Waals surface area contributed by atoms with Gasteiger partial charge in [0.2, 0.25) is 5.91 Å². The molecule has 3 rings (SSSR count). The molecule has 2 aromatic rings. The van der Waals surface area contributed by atoms with Gasteiger partial charge in [0, 0.05) is 25.7 Å². The number of hydrogen-bond acceptors (Lipinski definition) is 3. The molecule has 0 bridgehead atoms. The number of methoxy groups -OCH3 is 1. The molecule has 0 radical (unpaired) electrons. The van der Waals surface area contributed by atoms with Crippen molar-refractivity contribution in [2.75, 3.05) is 26.7 Å². The predicted molar refractivity (Wildman–Crippen MR) is 93.0 cm³/mol. The lowest BCUT2D eigenvalue weighted by Gasteiger charge is -2.33. The highest BCUT2D eigenvalue weighted by Crippen LogP contribution is 2.26. The fraction of sp³-hybridized carbons (Fsp3) is 0.421. The van der Waals surface area contributed by atoms with E-state index in [1.54, 1.807) is 7.11 Å². The molecule has 2 atom stereocenters. The summed E-state index contributed by atoms with van der Waals surface area (Å²) in [5.41, 5.74) is 1.07. The average molecular weight is 312 g/mol. The molecule has 4 heteroatoms. The van der Waals surface area contributed by atoms with Crippen LogP contribution in [0.2, 0.25) is 0 Å². The fourth-order valence-electron chi connectivity index (χ4n) is 3.19. The molecule has 2 aromatic carbocycles. The number of hydrogen-bond donors (Lipinski definition) is 1. The van der Waals surface area contributed by atoms with Crippen molar-refractivity contribution in [1.29, 1.82) is 0 Å². The van der Waals surface area contributed by atoms with E-state index in [0.29, 0.717) is 6.04 Å². The van der Waals surface area contributed by atoms with E-state index < -0.39 is 0 Å². The first-order valence-electron chi connectivity index (χ1n) is 8.18. The minimum atomic E-state index is -0.119. The van der Waals surface area contributed by atoms with Gasteiger partial charge in [-0.05, 0) is 42.3 Å². The number of benzene rings is 2. The summed E-state index contributed by atoms with van der Waals surface area (Å²) in [7, 11) is 1.67. The number of carbonyl (C=O) groups is 1. The number of rotatable bonds is 3. The molecule has 0 spiro atoms. The van der Waals surface area contributed by atoms with Gasteiger partial charge in [0.25, 0.3) is 0 Å². The minimum absolute atomic E-state index is 0.119. The second kappa shape index (κ2) is 6.59. The zero-order valence-corrected chi connectivity index (χ0v) is 14.0. The predicted octanol–water partition coefficient (Wildman–Crippen LogP) is 2.77. The van der Waals surface area contributed by atoms with E-state index in [9.17, 15) is 4.79 Å². The van der Waals surface area contributed by atoms with Gasteiger partial charge in [0.1, 0.15) is 5.75 Å². The summed E-state index contributed by atoms with van der Waals surface area (Å²) in [6.45, 7) is 6.57. The van der Waals surface area contributed by atoms with E-state index in [1.807, 2.05) is 30.0 Å². The van der Waals surface area contributed by atoms with Crippen molar-refractivity contribution in [2.24, 2.45) is 0 Å². The number of piperazine rings is 1. The Balaban J connectivity index is 1.82. The molecule has 0 aromatic heterocycles. The Bertz CT molecular complexity index is 714. The Morgan fingerprint density at radius 3 is 2.74 bits per heavy atom. The first-order chi connectivity index (χ1) is 11.1. The maximum absolute atomic E-state index is 12.8. The van der Waals surface area contributed by atoms with Crippen molar-refractivity contribution in [1.82, 2.24) is 10.2 Å². The van der Waals surface area contributed by atoms with Gasteiger partial charge in [0.05, 0.1) is 13.0 Å². The summed E-state index contributed by atoms with van der Waals surface area (Å²) < 4.78 is 5.26. The number of fused-ring (bicyclic) bond motifs is 1. The number of amides is 1. The zero-order chi connectivity index (χ0) is 16.4. The lowest BCUT2D eigenvalue weighted by molar-refractivity contribution is -0.133. The second-order valence-electron chi connectivity index (χ2n) is 6.33. The molecular formula is C19H24N2O2. The van der Waals surface area contributed by atoms with E-state index in [1.165, 1.54) is 0 Å². The van der Waals surface area contributed by atoms with Gasteiger partial charge >= 0.3 is 0 Å². The van der Waals surface area contributed by atoms with E-state index in [0.717, 1.165) is 41.7 Å². The van der Waals surface area contributed by atoms with Crippen LogP contribution in [0.15, 0.2) is 36.4 Å². The molecule has 1 aliphatic heterocycles. The van der Waals surface area contributed by atoms with E-state index in [4.69, 9.17) is 4.74 Å². The maximum atomic E-state index is 12.8. The minimum Gasteiger partial charge on any atom is -0.497 e. The zero-order valence-electron chi connectivity index (χ0n) is 14.0.